The van der Waals surface area contributed by atoms with Gasteiger partial charge in [0.05, 0.1) is 5.75 Å². The molecule has 0 unspecified atom stereocenters. The van der Waals surface area contributed by atoms with Crippen molar-refractivity contribution in [2.75, 3.05) is 31.6 Å². The number of benzene rings is 1. The van der Waals surface area contributed by atoms with Crippen molar-refractivity contribution in [3.63, 3.8) is 0 Å². The summed E-state index contributed by atoms with van der Waals surface area (Å²) in [7, 11) is 0. The number of carbonyl (C=O) groups excluding carboxylic acids is 2. The normalized spacial score (nSPS) is 24.2. The van der Waals surface area contributed by atoms with E-state index in [2.05, 4.69) is 4.90 Å². The van der Waals surface area contributed by atoms with Gasteiger partial charge in [0.15, 0.2) is 0 Å². The van der Waals surface area contributed by atoms with Gasteiger partial charge in [0.1, 0.15) is 0 Å². The van der Waals surface area contributed by atoms with E-state index in [0.29, 0.717) is 17.7 Å². The smallest absolute Gasteiger partial charge is 0.253 e. The average molecular weight is 332 g/mol. The molecule has 0 radical (unpaired) electrons. The highest BCUT2D eigenvalue weighted by molar-refractivity contribution is 7.99. The molecule has 0 N–H and O–H groups in total. The number of amides is 2. The number of hydrogen-bond acceptors (Lipinski definition) is 3. The first-order valence-electron chi connectivity index (χ1n) is 8.33. The molecule has 3 rings (SSSR count). The molecular weight excluding hydrogens is 308 g/mol. The van der Waals surface area contributed by atoms with Gasteiger partial charge in [-0.05, 0) is 43.6 Å². The van der Waals surface area contributed by atoms with Gasteiger partial charge in [-0.25, -0.2) is 0 Å². The molecule has 23 heavy (non-hydrogen) atoms. The van der Waals surface area contributed by atoms with Crippen LogP contribution < -0.4 is 0 Å². The minimum absolute atomic E-state index is 0.122. The highest BCUT2D eigenvalue weighted by Crippen LogP contribution is 2.31. The molecule has 0 spiro atoms. The summed E-state index contributed by atoms with van der Waals surface area (Å²) in [4.78, 5) is 29.0. The minimum atomic E-state index is 0.122. The van der Waals surface area contributed by atoms with E-state index in [9.17, 15) is 9.59 Å². The Labute approximate surface area is 142 Å². The van der Waals surface area contributed by atoms with Crippen molar-refractivity contribution in [1.82, 2.24) is 9.80 Å². The predicted molar refractivity (Wildman–Crippen MR) is 93.6 cm³/mol. The van der Waals surface area contributed by atoms with Crippen LogP contribution in [0.25, 0.3) is 0 Å². The maximum atomic E-state index is 12.6. The Morgan fingerprint density at radius 1 is 1.17 bits per heavy atom. The fourth-order valence-corrected chi connectivity index (χ4v) is 4.28. The lowest BCUT2D eigenvalue weighted by atomic mass is 9.83. The van der Waals surface area contributed by atoms with Gasteiger partial charge in [-0.2, -0.15) is 11.8 Å². The number of piperidine rings is 2. The zero-order valence-corrected chi connectivity index (χ0v) is 14.4. The van der Waals surface area contributed by atoms with Gasteiger partial charge >= 0.3 is 0 Å². The monoisotopic (exact) mass is 332 g/mol. The summed E-state index contributed by atoms with van der Waals surface area (Å²) >= 11 is 1.59. The molecule has 2 aliphatic rings. The van der Waals surface area contributed by atoms with Crippen molar-refractivity contribution in [2.24, 2.45) is 5.92 Å². The molecule has 2 fully saturated rings. The summed E-state index contributed by atoms with van der Waals surface area (Å²) in [5, 5.41) is 0. The maximum Gasteiger partial charge on any atom is 0.253 e. The number of nitrogens with zero attached hydrogens (tertiary/aromatic N) is 2. The topological polar surface area (TPSA) is 40.6 Å². The molecule has 0 aliphatic carbocycles. The summed E-state index contributed by atoms with van der Waals surface area (Å²) in [5.41, 5.74) is 0.761. The molecule has 2 aliphatic heterocycles. The third-order valence-electron chi connectivity index (χ3n) is 4.96. The number of rotatable bonds is 3. The Kier molecular flexibility index (Phi) is 5.26. The van der Waals surface area contributed by atoms with Crippen LogP contribution in [0.3, 0.4) is 0 Å². The van der Waals surface area contributed by atoms with Gasteiger partial charge in [-0.1, -0.05) is 18.2 Å². The summed E-state index contributed by atoms with van der Waals surface area (Å²) in [6, 6.07) is 9.82. The molecule has 1 aromatic carbocycles. The van der Waals surface area contributed by atoms with Gasteiger partial charge in [0.25, 0.3) is 5.91 Å². The molecule has 4 nitrogen and oxygen atoms in total. The van der Waals surface area contributed by atoms with Gasteiger partial charge in [-0.3, -0.25) is 9.59 Å². The molecular formula is C18H24N2O2S. The Hall–Kier alpha value is -1.49. The van der Waals surface area contributed by atoms with E-state index in [1.165, 1.54) is 0 Å². The summed E-state index contributed by atoms with van der Waals surface area (Å²) < 4.78 is 0. The fourth-order valence-electron chi connectivity index (χ4n) is 3.87. The SMILES string of the molecule is CSCC(=O)N1CCC[C@@H]2CN(C(=O)c3ccccc3)CC[C@@H]21. The molecule has 2 saturated heterocycles. The quantitative estimate of drug-likeness (QED) is 0.854. The van der Waals surface area contributed by atoms with Crippen molar-refractivity contribution < 1.29 is 9.59 Å². The largest absolute Gasteiger partial charge is 0.339 e. The van der Waals surface area contributed by atoms with Crippen LogP contribution in [0.4, 0.5) is 0 Å². The molecule has 124 valence electrons. The van der Waals surface area contributed by atoms with Gasteiger partial charge in [0, 0.05) is 31.2 Å². The second-order valence-corrected chi connectivity index (χ2v) is 7.26. The second kappa shape index (κ2) is 7.39. The van der Waals surface area contributed by atoms with Gasteiger partial charge in [0.2, 0.25) is 5.91 Å². The van der Waals surface area contributed by atoms with Crippen molar-refractivity contribution >= 4 is 23.6 Å². The fraction of sp³-hybridized carbons (Fsp3) is 0.556. The first-order valence-corrected chi connectivity index (χ1v) is 9.73. The van der Waals surface area contributed by atoms with E-state index in [0.717, 1.165) is 44.5 Å². The molecule has 0 bridgehead atoms. The van der Waals surface area contributed by atoms with E-state index in [1.54, 1.807) is 11.8 Å². The van der Waals surface area contributed by atoms with Gasteiger partial charge in [-0.15, -0.1) is 0 Å². The Bertz CT molecular complexity index is 563. The van der Waals surface area contributed by atoms with Crippen LogP contribution in [0.2, 0.25) is 0 Å². The Balaban J connectivity index is 1.67. The van der Waals surface area contributed by atoms with Crippen LogP contribution in [0.5, 0.6) is 0 Å². The molecule has 1 aromatic rings. The van der Waals surface area contributed by atoms with Crippen LogP contribution >= 0.6 is 11.8 Å². The molecule has 2 atom stereocenters. The lowest BCUT2D eigenvalue weighted by Crippen LogP contribution is -2.57. The number of likely N-dealkylation sites (tertiary alicyclic amines) is 2. The first-order chi connectivity index (χ1) is 11.2. The summed E-state index contributed by atoms with van der Waals surface area (Å²) in [6.45, 7) is 2.41. The minimum Gasteiger partial charge on any atom is -0.339 e. The molecule has 2 amide bonds. The van der Waals surface area contributed by atoms with E-state index in [1.807, 2.05) is 41.5 Å². The van der Waals surface area contributed by atoms with Crippen LogP contribution in [-0.2, 0) is 4.79 Å². The van der Waals surface area contributed by atoms with Gasteiger partial charge < -0.3 is 9.80 Å². The van der Waals surface area contributed by atoms with E-state index in [4.69, 9.17) is 0 Å². The van der Waals surface area contributed by atoms with Crippen LogP contribution in [-0.4, -0.2) is 59.3 Å². The third-order valence-corrected chi connectivity index (χ3v) is 5.50. The zero-order valence-electron chi connectivity index (χ0n) is 13.6. The van der Waals surface area contributed by atoms with E-state index >= 15 is 0 Å². The van der Waals surface area contributed by atoms with Crippen molar-refractivity contribution in [2.45, 2.75) is 25.3 Å². The Morgan fingerprint density at radius 2 is 1.96 bits per heavy atom. The molecule has 2 heterocycles. The van der Waals surface area contributed by atoms with E-state index < -0.39 is 0 Å². The maximum absolute atomic E-state index is 12.6. The van der Waals surface area contributed by atoms with Crippen molar-refractivity contribution in [1.29, 1.82) is 0 Å². The summed E-state index contributed by atoms with van der Waals surface area (Å²) in [6.07, 6.45) is 5.05. The van der Waals surface area contributed by atoms with E-state index in [-0.39, 0.29) is 11.8 Å². The second-order valence-electron chi connectivity index (χ2n) is 6.40. The average Bonchev–Trinajstić information content (AvgIpc) is 2.61. The van der Waals surface area contributed by atoms with Crippen molar-refractivity contribution in [3.8, 4) is 0 Å². The number of fused-ring (bicyclic) bond motifs is 1. The van der Waals surface area contributed by atoms with Crippen molar-refractivity contribution in [3.05, 3.63) is 35.9 Å². The first kappa shape index (κ1) is 16.4. The standard InChI is InChI=1S/C18H24N2O2S/c1-23-13-17(21)20-10-5-8-15-12-19(11-9-16(15)20)18(22)14-6-3-2-4-7-14/h2-4,6-7,15-16H,5,8-13H2,1H3/t15-,16+/m1/s1. The molecule has 5 heteroatoms. The lowest BCUT2D eigenvalue weighted by molar-refractivity contribution is -0.135. The highest BCUT2D eigenvalue weighted by Gasteiger charge is 2.39. The third kappa shape index (κ3) is 3.55. The van der Waals surface area contributed by atoms with Crippen LogP contribution in [0, 0.1) is 5.92 Å². The number of hydrogen-bond donors (Lipinski definition) is 0. The predicted octanol–water partition coefficient (Wildman–Crippen LogP) is 2.50. The van der Waals surface area contributed by atoms with Crippen LogP contribution in [0.15, 0.2) is 30.3 Å². The highest BCUT2D eigenvalue weighted by atomic mass is 32.2. The lowest BCUT2D eigenvalue weighted by Gasteiger charge is -2.47. The zero-order chi connectivity index (χ0) is 16.2. The van der Waals surface area contributed by atoms with Crippen LogP contribution in [0.1, 0.15) is 29.6 Å². The Morgan fingerprint density at radius 3 is 2.70 bits per heavy atom. The number of thioether (sulfide) groups is 1. The molecule has 0 saturated carbocycles. The summed E-state index contributed by atoms with van der Waals surface area (Å²) in [5.74, 6) is 1.37. The molecule has 0 aromatic heterocycles. The number of carbonyl (C=O) groups is 2.